The smallest absolute Gasteiger partial charge is 0.326 e. The molecule has 0 spiro atoms. The first-order chi connectivity index (χ1) is 9.70. The maximum Gasteiger partial charge on any atom is 0.326 e. The monoisotopic (exact) mass is 277 g/mol. The van der Waals surface area contributed by atoms with Gasteiger partial charge in [0.15, 0.2) is 0 Å². The lowest BCUT2D eigenvalue weighted by Gasteiger charge is -2.38. The van der Waals surface area contributed by atoms with E-state index in [4.69, 9.17) is 9.47 Å². The van der Waals surface area contributed by atoms with Crippen LogP contribution in [0.3, 0.4) is 0 Å². The van der Waals surface area contributed by atoms with Crippen LogP contribution < -0.4 is 5.32 Å². The summed E-state index contributed by atoms with van der Waals surface area (Å²) < 4.78 is 10.4. The van der Waals surface area contributed by atoms with Crippen LogP contribution in [0.4, 0.5) is 0 Å². The van der Waals surface area contributed by atoms with E-state index in [2.05, 4.69) is 17.4 Å². The zero-order valence-electron chi connectivity index (χ0n) is 12.2. The van der Waals surface area contributed by atoms with Gasteiger partial charge in [0.25, 0.3) is 0 Å². The van der Waals surface area contributed by atoms with Gasteiger partial charge in [-0.25, -0.2) is 0 Å². The van der Waals surface area contributed by atoms with Crippen molar-refractivity contribution in [3.63, 3.8) is 0 Å². The summed E-state index contributed by atoms with van der Waals surface area (Å²) in [5.41, 5.74) is 0.601. The third-order valence-electron chi connectivity index (χ3n) is 4.17. The molecule has 1 aromatic carbocycles. The molecule has 0 bridgehead atoms. The van der Waals surface area contributed by atoms with E-state index < -0.39 is 5.54 Å². The van der Waals surface area contributed by atoms with Crippen molar-refractivity contribution in [3.8, 4) is 0 Å². The summed E-state index contributed by atoms with van der Waals surface area (Å²) in [5.74, 6) is -0.164. The van der Waals surface area contributed by atoms with Crippen LogP contribution in [-0.4, -0.2) is 31.8 Å². The van der Waals surface area contributed by atoms with Gasteiger partial charge in [0.05, 0.1) is 13.2 Å². The van der Waals surface area contributed by atoms with E-state index in [1.54, 1.807) is 7.11 Å². The molecule has 0 saturated heterocycles. The fourth-order valence-electron chi connectivity index (χ4n) is 2.84. The lowest BCUT2D eigenvalue weighted by molar-refractivity contribution is -0.151. The second kappa shape index (κ2) is 6.86. The van der Waals surface area contributed by atoms with Gasteiger partial charge < -0.3 is 9.47 Å². The zero-order valence-corrected chi connectivity index (χ0v) is 12.2. The van der Waals surface area contributed by atoms with Gasteiger partial charge in [-0.05, 0) is 31.2 Å². The highest BCUT2D eigenvalue weighted by Crippen LogP contribution is 2.31. The molecule has 20 heavy (non-hydrogen) atoms. The SMILES string of the molecule is COC(=O)C1(NCc2ccccc2)CCC(OC)CC1. The number of esters is 1. The normalized spacial score (nSPS) is 26.2. The Labute approximate surface area is 120 Å². The number of carbonyl (C=O) groups excluding carboxylic acids is 1. The van der Waals surface area contributed by atoms with Crippen molar-refractivity contribution < 1.29 is 14.3 Å². The molecule has 110 valence electrons. The third kappa shape index (κ3) is 3.38. The molecule has 1 aromatic rings. The summed E-state index contributed by atoms with van der Waals surface area (Å²) >= 11 is 0. The van der Waals surface area contributed by atoms with Gasteiger partial charge in [0.1, 0.15) is 5.54 Å². The van der Waals surface area contributed by atoms with Crippen LogP contribution in [0.2, 0.25) is 0 Å². The van der Waals surface area contributed by atoms with Crippen molar-refractivity contribution in [2.24, 2.45) is 0 Å². The molecule has 0 amide bonds. The molecule has 0 aliphatic heterocycles. The first-order valence-electron chi connectivity index (χ1n) is 7.10. The zero-order chi connectivity index (χ0) is 14.4. The van der Waals surface area contributed by atoms with Crippen molar-refractivity contribution >= 4 is 5.97 Å². The molecular formula is C16H23NO3. The Bertz CT molecular complexity index is 425. The lowest BCUT2D eigenvalue weighted by atomic mass is 9.80. The van der Waals surface area contributed by atoms with Crippen molar-refractivity contribution in [2.75, 3.05) is 14.2 Å². The Kier molecular flexibility index (Phi) is 5.15. The standard InChI is InChI=1S/C16H23NO3/c1-19-14-8-10-16(11-9-14,15(18)20-2)17-12-13-6-4-3-5-7-13/h3-7,14,17H,8-12H2,1-2H3. The predicted octanol–water partition coefficient (Wildman–Crippen LogP) is 2.28. The number of hydrogen-bond donors (Lipinski definition) is 1. The summed E-state index contributed by atoms with van der Waals surface area (Å²) in [7, 11) is 3.18. The molecule has 4 nitrogen and oxygen atoms in total. The molecular weight excluding hydrogens is 254 g/mol. The minimum absolute atomic E-state index is 0.164. The molecule has 0 atom stereocenters. The van der Waals surface area contributed by atoms with Crippen molar-refractivity contribution in [1.29, 1.82) is 0 Å². The first kappa shape index (κ1) is 15.0. The Balaban J connectivity index is 2.03. The van der Waals surface area contributed by atoms with E-state index in [9.17, 15) is 4.79 Å². The highest BCUT2D eigenvalue weighted by molar-refractivity contribution is 5.80. The Morgan fingerprint density at radius 1 is 1.25 bits per heavy atom. The molecule has 1 aliphatic rings. The van der Waals surface area contributed by atoms with Crippen LogP contribution in [-0.2, 0) is 20.8 Å². The molecule has 0 unspecified atom stereocenters. The van der Waals surface area contributed by atoms with E-state index in [0.29, 0.717) is 6.54 Å². The van der Waals surface area contributed by atoms with Crippen LogP contribution in [0, 0.1) is 0 Å². The van der Waals surface area contributed by atoms with Gasteiger partial charge in [-0.3, -0.25) is 10.1 Å². The molecule has 1 aliphatic carbocycles. The summed E-state index contributed by atoms with van der Waals surface area (Å²) in [6.07, 6.45) is 3.53. The highest BCUT2D eigenvalue weighted by atomic mass is 16.5. The van der Waals surface area contributed by atoms with Crippen molar-refractivity contribution in [3.05, 3.63) is 35.9 Å². The van der Waals surface area contributed by atoms with Gasteiger partial charge in [0, 0.05) is 13.7 Å². The number of benzene rings is 1. The Hall–Kier alpha value is -1.39. The lowest BCUT2D eigenvalue weighted by Crippen LogP contribution is -2.55. The fraction of sp³-hybridized carbons (Fsp3) is 0.562. The number of carbonyl (C=O) groups is 1. The summed E-state index contributed by atoms with van der Waals surface area (Å²) in [5, 5.41) is 3.42. The average Bonchev–Trinajstić information content (AvgIpc) is 2.53. The number of hydrogen-bond acceptors (Lipinski definition) is 4. The third-order valence-corrected chi connectivity index (χ3v) is 4.17. The van der Waals surface area contributed by atoms with Gasteiger partial charge in [0.2, 0.25) is 0 Å². The second-order valence-corrected chi connectivity index (χ2v) is 5.35. The van der Waals surface area contributed by atoms with Gasteiger partial charge >= 0.3 is 5.97 Å². The predicted molar refractivity (Wildman–Crippen MR) is 77.3 cm³/mol. The highest BCUT2D eigenvalue weighted by Gasteiger charge is 2.42. The van der Waals surface area contributed by atoms with Gasteiger partial charge in [-0.15, -0.1) is 0 Å². The van der Waals surface area contributed by atoms with E-state index in [1.807, 2.05) is 18.2 Å². The molecule has 1 saturated carbocycles. The van der Waals surface area contributed by atoms with Gasteiger partial charge in [-0.2, -0.15) is 0 Å². The number of ether oxygens (including phenoxy) is 2. The van der Waals surface area contributed by atoms with Crippen LogP contribution in [0.5, 0.6) is 0 Å². The van der Waals surface area contributed by atoms with Crippen molar-refractivity contribution in [1.82, 2.24) is 5.32 Å². The molecule has 0 heterocycles. The maximum atomic E-state index is 12.2. The molecule has 1 N–H and O–H groups in total. The number of methoxy groups -OCH3 is 2. The first-order valence-corrected chi connectivity index (χ1v) is 7.10. The Morgan fingerprint density at radius 3 is 2.45 bits per heavy atom. The molecule has 0 aromatic heterocycles. The molecule has 1 fully saturated rings. The largest absolute Gasteiger partial charge is 0.468 e. The van der Waals surface area contributed by atoms with E-state index in [-0.39, 0.29) is 12.1 Å². The van der Waals surface area contributed by atoms with Gasteiger partial charge in [-0.1, -0.05) is 30.3 Å². The average molecular weight is 277 g/mol. The summed E-state index contributed by atoms with van der Waals surface area (Å²) in [4.78, 5) is 12.2. The Morgan fingerprint density at radius 2 is 1.90 bits per heavy atom. The van der Waals surface area contributed by atoms with Crippen LogP contribution in [0.1, 0.15) is 31.2 Å². The molecule has 0 radical (unpaired) electrons. The van der Waals surface area contributed by atoms with Crippen LogP contribution in [0.25, 0.3) is 0 Å². The number of nitrogens with one attached hydrogen (secondary N) is 1. The topological polar surface area (TPSA) is 47.6 Å². The molecule has 2 rings (SSSR count). The molecule has 4 heteroatoms. The van der Waals surface area contributed by atoms with E-state index in [0.717, 1.165) is 25.7 Å². The van der Waals surface area contributed by atoms with E-state index in [1.165, 1.54) is 12.7 Å². The fourth-order valence-corrected chi connectivity index (χ4v) is 2.84. The van der Waals surface area contributed by atoms with Crippen LogP contribution >= 0.6 is 0 Å². The quantitative estimate of drug-likeness (QED) is 0.839. The van der Waals surface area contributed by atoms with E-state index >= 15 is 0 Å². The van der Waals surface area contributed by atoms with Crippen LogP contribution in [0.15, 0.2) is 30.3 Å². The minimum atomic E-state index is -0.570. The number of rotatable bonds is 5. The maximum absolute atomic E-state index is 12.2. The summed E-state index contributed by atoms with van der Waals surface area (Å²) in [6.45, 7) is 0.674. The second-order valence-electron chi connectivity index (χ2n) is 5.35. The minimum Gasteiger partial charge on any atom is -0.468 e. The summed E-state index contributed by atoms with van der Waals surface area (Å²) in [6, 6.07) is 10.1. The van der Waals surface area contributed by atoms with Crippen molar-refractivity contribution in [2.45, 2.75) is 43.9 Å².